The summed E-state index contributed by atoms with van der Waals surface area (Å²) >= 11 is 0. The molecule has 1 aromatic heterocycles. The molecule has 0 radical (unpaired) electrons. The van der Waals surface area contributed by atoms with Crippen LogP contribution >= 0.6 is 0 Å². The zero-order valence-electron chi connectivity index (χ0n) is 10.9. The maximum atomic E-state index is 12.2. The molecule has 1 unspecified atom stereocenters. The van der Waals surface area contributed by atoms with Crippen molar-refractivity contribution in [3.05, 3.63) is 29.6 Å². The van der Waals surface area contributed by atoms with Crippen molar-refractivity contribution >= 4 is 11.8 Å². The molecule has 0 N–H and O–H groups in total. The first kappa shape index (κ1) is 12.5. The molecule has 5 heteroatoms. The Kier molecular flexibility index (Phi) is 3.32. The summed E-state index contributed by atoms with van der Waals surface area (Å²) in [6, 6.07) is 3.76. The van der Waals surface area contributed by atoms with E-state index in [1.54, 1.807) is 30.1 Å². The fraction of sp³-hybridized carbons (Fsp3) is 0.462. The van der Waals surface area contributed by atoms with Gasteiger partial charge in [0.2, 0.25) is 11.8 Å². The Bertz CT molecular complexity index is 485. The third-order valence-corrected chi connectivity index (χ3v) is 3.20. The average Bonchev–Trinajstić information content (AvgIpc) is 2.36. The molecular formula is C13H17N3O2. The van der Waals surface area contributed by atoms with Gasteiger partial charge in [-0.1, -0.05) is 6.07 Å². The van der Waals surface area contributed by atoms with E-state index >= 15 is 0 Å². The van der Waals surface area contributed by atoms with Gasteiger partial charge in [0.1, 0.15) is 0 Å². The van der Waals surface area contributed by atoms with Gasteiger partial charge in [-0.15, -0.1) is 0 Å². The fourth-order valence-corrected chi connectivity index (χ4v) is 2.22. The van der Waals surface area contributed by atoms with E-state index in [4.69, 9.17) is 0 Å². The predicted octanol–water partition coefficient (Wildman–Crippen LogP) is 0.616. The lowest BCUT2D eigenvalue weighted by Crippen LogP contribution is -2.43. The lowest BCUT2D eigenvalue weighted by molar-refractivity contribution is -0.134. The number of carbonyl (C=O) groups excluding carboxylic acids is 2. The summed E-state index contributed by atoms with van der Waals surface area (Å²) in [5, 5.41) is 0. The molecule has 2 rings (SSSR count). The summed E-state index contributed by atoms with van der Waals surface area (Å²) in [5.74, 6) is -0.379. The van der Waals surface area contributed by atoms with Crippen molar-refractivity contribution in [3.63, 3.8) is 0 Å². The van der Waals surface area contributed by atoms with Gasteiger partial charge in [-0.25, -0.2) is 0 Å². The highest BCUT2D eigenvalue weighted by Crippen LogP contribution is 2.27. The summed E-state index contributed by atoms with van der Waals surface area (Å²) in [6.45, 7) is 2.48. The first-order valence-electron chi connectivity index (χ1n) is 5.91. The summed E-state index contributed by atoms with van der Waals surface area (Å²) in [5.41, 5.74) is 1.76. The van der Waals surface area contributed by atoms with Crippen LogP contribution in [0.15, 0.2) is 18.3 Å². The van der Waals surface area contributed by atoms with Gasteiger partial charge in [-0.3, -0.25) is 14.6 Å². The minimum absolute atomic E-state index is 0.0129. The Hall–Kier alpha value is -1.91. The SMILES string of the molecule is CC(=O)N1Cc2cccnc2C(C(=O)N(C)C)C1. The molecule has 0 bridgehead atoms. The number of amides is 2. The quantitative estimate of drug-likeness (QED) is 0.731. The van der Waals surface area contributed by atoms with Crippen LogP contribution in [0.1, 0.15) is 24.1 Å². The van der Waals surface area contributed by atoms with Crippen molar-refractivity contribution in [1.29, 1.82) is 0 Å². The minimum atomic E-state index is -0.353. The van der Waals surface area contributed by atoms with Crippen LogP contribution in [0.4, 0.5) is 0 Å². The Morgan fingerprint density at radius 3 is 2.78 bits per heavy atom. The van der Waals surface area contributed by atoms with Crippen LogP contribution in [-0.4, -0.2) is 47.2 Å². The number of nitrogens with zero attached hydrogens (tertiary/aromatic N) is 3. The molecule has 0 aliphatic carbocycles. The number of hydrogen-bond acceptors (Lipinski definition) is 3. The monoisotopic (exact) mass is 247 g/mol. The second kappa shape index (κ2) is 4.76. The maximum Gasteiger partial charge on any atom is 0.233 e. The van der Waals surface area contributed by atoms with Crippen molar-refractivity contribution in [1.82, 2.24) is 14.8 Å². The van der Waals surface area contributed by atoms with Crippen LogP contribution in [-0.2, 0) is 16.1 Å². The standard InChI is InChI=1S/C13H17N3O2/c1-9(17)16-7-10-5-4-6-14-12(10)11(8-16)13(18)15(2)3/h4-6,11H,7-8H2,1-3H3. The van der Waals surface area contributed by atoms with Crippen molar-refractivity contribution < 1.29 is 9.59 Å². The molecule has 2 heterocycles. The van der Waals surface area contributed by atoms with Gasteiger partial charge in [0.05, 0.1) is 11.6 Å². The van der Waals surface area contributed by atoms with Crippen LogP contribution in [0.25, 0.3) is 0 Å². The molecule has 0 spiro atoms. The van der Waals surface area contributed by atoms with Crippen LogP contribution < -0.4 is 0 Å². The molecule has 1 aliphatic heterocycles. The van der Waals surface area contributed by atoms with Gasteiger partial charge < -0.3 is 9.80 Å². The van der Waals surface area contributed by atoms with Crippen molar-refractivity contribution in [2.45, 2.75) is 19.4 Å². The molecule has 0 aromatic carbocycles. The van der Waals surface area contributed by atoms with Crippen LogP contribution in [0.3, 0.4) is 0 Å². The number of pyridine rings is 1. The molecule has 2 amide bonds. The Balaban J connectivity index is 2.39. The Morgan fingerprint density at radius 2 is 2.17 bits per heavy atom. The minimum Gasteiger partial charge on any atom is -0.348 e. The molecule has 1 atom stereocenters. The van der Waals surface area contributed by atoms with Crippen molar-refractivity contribution in [2.75, 3.05) is 20.6 Å². The molecule has 5 nitrogen and oxygen atoms in total. The number of aromatic nitrogens is 1. The molecule has 1 aromatic rings. The Labute approximate surface area is 106 Å². The smallest absolute Gasteiger partial charge is 0.233 e. The largest absolute Gasteiger partial charge is 0.348 e. The Morgan fingerprint density at radius 1 is 1.44 bits per heavy atom. The number of hydrogen-bond donors (Lipinski definition) is 0. The highest BCUT2D eigenvalue weighted by Gasteiger charge is 2.33. The normalized spacial score (nSPS) is 18.2. The second-order valence-corrected chi connectivity index (χ2v) is 4.73. The van der Waals surface area contributed by atoms with E-state index in [-0.39, 0.29) is 17.7 Å². The molecule has 1 aliphatic rings. The van der Waals surface area contributed by atoms with Gasteiger partial charge in [-0.2, -0.15) is 0 Å². The summed E-state index contributed by atoms with van der Waals surface area (Å²) in [4.78, 5) is 31.3. The molecule has 18 heavy (non-hydrogen) atoms. The highest BCUT2D eigenvalue weighted by atomic mass is 16.2. The second-order valence-electron chi connectivity index (χ2n) is 4.73. The van der Waals surface area contributed by atoms with Crippen molar-refractivity contribution in [3.8, 4) is 0 Å². The number of rotatable bonds is 1. The first-order chi connectivity index (χ1) is 8.50. The predicted molar refractivity (Wildman–Crippen MR) is 66.8 cm³/mol. The van der Waals surface area contributed by atoms with E-state index in [9.17, 15) is 9.59 Å². The average molecular weight is 247 g/mol. The van der Waals surface area contributed by atoms with E-state index in [0.717, 1.165) is 11.3 Å². The lowest BCUT2D eigenvalue weighted by atomic mass is 9.93. The number of carbonyl (C=O) groups is 2. The highest BCUT2D eigenvalue weighted by molar-refractivity contribution is 5.85. The van der Waals surface area contributed by atoms with Gasteiger partial charge >= 0.3 is 0 Å². The van der Waals surface area contributed by atoms with Gasteiger partial charge in [0, 0.05) is 40.3 Å². The molecule has 96 valence electrons. The number of likely N-dealkylation sites (N-methyl/N-ethyl adjacent to an activating group) is 1. The molecule has 0 saturated heterocycles. The van der Waals surface area contributed by atoms with E-state index in [1.807, 2.05) is 12.1 Å². The zero-order chi connectivity index (χ0) is 13.3. The van der Waals surface area contributed by atoms with E-state index in [1.165, 1.54) is 6.92 Å². The summed E-state index contributed by atoms with van der Waals surface area (Å²) in [7, 11) is 3.44. The van der Waals surface area contributed by atoms with Gasteiger partial charge in [0.15, 0.2) is 0 Å². The van der Waals surface area contributed by atoms with Gasteiger partial charge in [-0.05, 0) is 11.6 Å². The topological polar surface area (TPSA) is 53.5 Å². The van der Waals surface area contributed by atoms with E-state index in [2.05, 4.69) is 4.98 Å². The fourth-order valence-electron chi connectivity index (χ4n) is 2.22. The van der Waals surface area contributed by atoms with Crippen molar-refractivity contribution in [2.24, 2.45) is 0 Å². The molecule has 0 saturated carbocycles. The zero-order valence-corrected chi connectivity index (χ0v) is 10.9. The molecule has 0 fully saturated rings. The maximum absolute atomic E-state index is 12.2. The third kappa shape index (κ3) is 2.20. The lowest BCUT2D eigenvalue weighted by Gasteiger charge is -2.33. The summed E-state index contributed by atoms with van der Waals surface area (Å²) < 4.78 is 0. The first-order valence-corrected chi connectivity index (χ1v) is 5.91. The molecular weight excluding hydrogens is 230 g/mol. The van der Waals surface area contributed by atoms with Crippen LogP contribution in [0.5, 0.6) is 0 Å². The van der Waals surface area contributed by atoms with Gasteiger partial charge in [0.25, 0.3) is 0 Å². The van der Waals surface area contributed by atoms with Crippen LogP contribution in [0, 0.1) is 0 Å². The van der Waals surface area contributed by atoms with E-state index < -0.39 is 0 Å². The number of fused-ring (bicyclic) bond motifs is 1. The third-order valence-electron chi connectivity index (χ3n) is 3.20. The van der Waals surface area contributed by atoms with Crippen LogP contribution in [0.2, 0.25) is 0 Å². The van der Waals surface area contributed by atoms with E-state index in [0.29, 0.717) is 13.1 Å². The summed E-state index contributed by atoms with van der Waals surface area (Å²) in [6.07, 6.45) is 1.69.